The van der Waals surface area contributed by atoms with Gasteiger partial charge in [-0.2, -0.15) is 13.2 Å². The number of amides is 1. The second kappa shape index (κ2) is 7.82. The van der Waals surface area contributed by atoms with Crippen molar-refractivity contribution in [2.75, 3.05) is 18.5 Å². The normalized spacial score (nSPS) is 12.8. The summed E-state index contributed by atoms with van der Waals surface area (Å²) in [5, 5.41) is 5.71. The van der Waals surface area contributed by atoms with Gasteiger partial charge in [-0.25, -0.2) is 4.98 Å². The summed E-state index contributed by atoms with van der Waals surface area (Å²) in [5.41, 5.74) is 0.406. The molecule has 2 N–H and O–H groups in total. The van der Waals surface area contributed by atoms with Gasteiger partial charge in [0, 0.05) is 18.5 Å². The van der Waals surface area contributed by atoms with Gasteiger partial charge in [-0.1, -0.05) is 6.92 Å². The number of hydrogen-bond donors (Lipinski definition) is 2. The number of alkyl halides is 3. The number of ether oxygens (including phenoxy) is 1. The van der Waals surface area contributed by atoms with Crippen molar-refractivity contribution < 1.29 is 22.7 Å². The molecule has 0 aliphatic carbocycles. The van der Waals surface area contributed by atoms with Gasteiger partial charge in [-0.3, -0.25) is 4.79 Å². The highest BCUT2D eigenvalue weighted by molar-refractivity contribution is 5.90. The number of halogens is 3. The lowest BCUT2D eigenvalue weighted by Crippen LogP contribution is -2.30. The van der Waals surface area contributed by atoms with Crippen molar-refractivity contribution in [2.24, 2.45) is 0 Å². The van der Waals surface area contributed by atoms with E-state index in [-0.39, 0.29) is 17.8 Å². The van der Waals surface area contributed by atoms with E-state index in [1.807, 2.05) is 13.8 Å². The summed E-state index contributed by atoms with van der Waals surface area (Å²) in [6.45, 7) is 3.19. The number of aromatic nitrogens is 1. The first kappa shape index (κ1) is 17.2. The van der Waals surface area contributed by atoms with Crippen LogP contribution >= 0.6 is 0 Å². The summed E-state index contributed by atoms with van der Waals surface area (Å²) in [5.74, 6) is -0.347. The maximum Gasteiger partial charge on any atom is 0.422 e. The molecule has 0 radical (unpaired) electrons. The molecule has 0 aliphatic rings. The van der Waals surface area contributed by atoms with Gasteiger partial charge in [0.05, 0.1) is 11.9 Å². The molecule has 8 heteroatoms. The fourth-order valence-corrected chi connectivity index (χ4v) is 1.61. The summed E-state index contributed by atoms with van der Waals surface area (Å²) in [6.07, 6.45) is -2.86. The zero-order valence-electron chi connectivity index (χ0n) is 11.8. The zero-order chi connectivity index (χ0) is 15.9. The predicted octanol–water partition coefficient (Wildman–Crippen LogP) is 2.35. The Bertz CT molecular complexity index is 449. The van der Waals surface area contributed by atoms with Crippen molar-refractivity contribution in [3.8, 4) is 5.88 Å². The molecule has 21 heavy (non-hydrogen) atoms. The molecular weight excluding hydrogens is 287 g/mol. The molecule has 0 aliphatic heterocycles. The van der Waals surface area contributed by atoms with Crippen LogP contribution in [0.15, 0.2) is 18.3 Å². The molecule has 1 amide bonds. The Kier molecular flexibility index (Phi) is 6.41. The Morgan fingerprint density at radius 2 is 2.14 bits per heavy atom. The number of pyridine rings is 1. The molecule has 1 aromatic rings. The van der Waals surface area contributed by atoms with Crippen LogP contribution in [0, 0.1) is 0 Å². The second-order valence-electron chi connectivity index (χ2n) is 4.50. The fourth-order valence-electron chi connectivity index (χ4n) is 1.61. The molecule has 0 bridgehead atoms. The molecular formula is C13H18F3N3O2. The lowest BCUT2D eigenvalue weighted by molar-refractivity contribution is -0.154. The van der Waals surface area contributed by atoms with Gasteiger partial charge in [0.15, 0.2) is 6.61 Å². The maximum atomic E-state index is 12.0. The van der Waals surface area contributed by atoms with E-state index in [1.54, 1.807) is 0 Å². The lowest BCUT2D eigenvalue weighted by atomic mass is 10.2. The first-order valence-corrected chi connectivity index (χ1v) is 6.49. The van der Waals surface area contributed by atoms with Gasteiger partial charge in [-0.15, -0.1) is 0 Å². The van der Waals surface area contributed by atoms with Crippen LogP contribution < -0.4 is 15.4 Å². The van der Waals surface area contributed by atoms with E-state index in [0.717, 1.165) is 6.54 Å². The van der Waals surface area contributed by atoms with Crippen LogP contribution in [0.3, 0.4) is 0 Å². The van der Waals surface area contributed by atoms with E-state index >= 15 is 0 Å². The molecule has 1 heterocycles. The second-order valence-corrected chi connectivity index (χ2v) is 4.50. The molecule has 0 spiro atoms. The Morgan fingerprint density at radius 3 is 2.67 bits per heavy atom. The van der Waals surface area contributed by atoms with Crippen LogP contribution in [0.1, 0.15) is 20.3 Å². The largest absolute Gasteiger partial charge is 0.468 e. The lowest BCUT2D eigenvalue weighted by Gasteiger charge is -2.12. The van der Waals surface area contributed by atoms with Gasteiger partial charge in [0.2, 0.25) is 11.8 Å². The van der Waals surface area contributed by atoms with Crippen molar-refractivity contribution in [1.82, 2.24) is 10.3 Å². The highest BCUT2D eigenvalue weighted by Gasteiger charge is 2.28. The molecule has 1 unspecified atom stereocenters. The SMILES string of the molecule is CCNC(C)CC(=O)Nc1ccc(OCC(F)(F)F)nc1. The van der Waals surface area contributed by atoms with E-state index in [2.05, 4.69) is 20.4 Å². The maximum absolute atomic E-state index is 12.0. The third-order valence-corrected chi connectivity index (χ3v) is 2.45. The Labute approximate surface area is 120 Å². The smallest absolute Gasteiger partial charge is 0.422 e. The number of nitrogens with one attached hydrogen (secondary N) is 2. The van der Waals surface area contributed by atoms with Crippen LogP contribution in [0.25, 0.3) is 0 Å². The fraction of sp³-hybridized carbons (Fsp3) is 0.538. The van der Waals surface area contributed by atoms with Gasteiger partial charge < -0.3 is 15.4 Å². The topological polar surface area (TPSA) is 63.2 Å². The molecule has 0 aromatic carbocycles. The van der Waals surface area contributed by atoms with Gasteiger partial charge in [-0.05, 0) is 19.5 Å². The van der Waals surface area contributed by atoms with Crippen LogP contribution in [0.5, 0.6) is 5.88 Å². The predicted molar refractivity (Wildman–Crippen MR) is 72.2 cm³/mol. The molecule has 118 valence electrons. The standard InChI is InChI=1S/C13H18F3N3O2/c1-3-17-9(2)6-11(20)19-10-4-5-12(18-7-10)21-8-13(14,15)16/h4-5,7,9,17H,3,6,8H2,1-2H3,(H,19,20). The average Bonchev–Trinajstić information content (AvgIpc) is 2.37. The Balaban J connectivity index is 2.45. The number of carbonyl (C=O) groups is 1. The van der Waals surface area contributed by atoms with Crippen LogP contribution in [-0.4, -0.2) is 36.3 Å². The molecule has 0 saturated carbocycles. The molecule has 1 rings (SSSR count). The van der Waals surface area contributed by atoms with Crippen molar-refractivity contribution in [3.63, 3.8) is 0 Å². The van der Waals surface area contributed by atoms with Crippen LogP contribution in [0.2, 0.25) is 0 Å². The number of rotatable bonds is 7. The van der Waals surface area contributed by atoms with E-state index in [4.69, 9.17) is 0 Å². The Hall–Kier alpha value is -1.83. The first-order valence-electron chi connectivity index (χ1n) is 6.49. The molecule has 1 aromatic heterocycles. The van der Waals surface area contributed by atoms with Gasteiger partial charge >= 0.3 is 6.18 Å². The summed E-state index contributed by atoms with van der Waals surface area (Å²) < 4.78 is 40.4. The summed E-state index contributed by atoms with van der Waals surface area (Å²) in [7, 11) is 0. The third kappa shape index (κ3) is 7.50. The molecule has 5 nitrogen and oxygen atoms in total. The minimum atomic E-state index is -4.41. The summed E-state index contributed by atoms with van der Waals surface area (Å²) >= 11 is 0. The number of carbonyl (C=O) groups excluding carboxylic acids is 1. The van der Waals surface area contributed by atoms with Crippen molar-refractivity contribution in [3.05, 3.63) is 18.3 Å². The van der Waals surface area contributed by atoms with E-state index in [0.29, 0.717) is 12.1 Å². The van der Waals surface area contributed by atoms with Gasteiger partial charge in [0.25, 0.3) is 0 Å². The van der Waals surface area contributed by atoms with Crippen molar-refractivity contribution in [2.45, 2.75) is 32.5 Å². The number of anilines is 1. The van der Waals surface area contributed by atoms with Crippen molar-refractivity contribution >= 4 is 11.6 Å². The van der Waals surface area contributed by atoms with E-state index in [9.17, 15) is 18.0 Å². The quantitative estimate of drug-likeness (QED) is 0.811. The van der Waals surface area contributed by atoms with Crippen LogP contribution in [-0.2, 0) is 4.79 Å². The molecule has 0 fully saturated rings. The highest BCUT2D eigenvalue weighted by atomic mass is 19.4. The molecule has 1 atom stereocenters. The van der Waals surface area contributed by atoms with Crippen LogP contribution in [0.4, 0.5) is 18.9 Å². The van der Waals surface area contributed by atoms with E-state index in [1.165, 1.54) is 18.3 Å². The monoisotopic (exact) mass is 305 g/mol. The summed E-state index contributed by atoms with van der Waals surface area (Å²) in [4.78, 5) is 15.4. The zero-order valence-corrected chi connectivity index (χ0v) is 11.8. The first-order chi connectivity index (χ1) is 9.80. The minimum Gasteiger partial charge on any atom is -0.468 e. The highest BCUT2D eigenvalue weighted by Crippen LogP contribution is 2.18. The number of nitrogens with zero attached hydrogens (tertiary/aromatic N) is 1. The van der Waals surface area contributed by atoms with Crippen molar-refractivity contribution in [1.29, 1.82) is 0 Å². The third-order valence-electron chi connectivity index (χ3n) is 2.45. The summed E-state index contributed by atoms with van der Waals surface area (Å²) in [6, 6.07) is 2.75. The number of hydrogen-bond acceptors (Lipinski definition) is 4. The van der Waals surface area contributed by atoms with E-state index < -0.39 is 12.8 Å². The Morgan fingerprint density at radius 1 is 1.43 bits per heavy atom. The minimum absolute atomic E-state index is 0.0392. The molecule has 0 saturated heterocycles. The van der Waals surface area contributed by atoms with Gasteiger partial charge in [0.1, 0.15) is 0 Å². The average molecular weight is 305 g/mol.